The summed E-state index contributed by atoms with van der Waals surface area (Å²) >= 11 is 4.65. The van der Waals surface area contributed by atoms with E-state index >= 15 is 0 Å². The molecule has 8 heteroatoms. The second-order valence-corrected chi connectivity index (χ2v) is 8.01. The number of carbonyl (C=O) groups is 2. The van der Waals surface area contributed by atoms with Crippen molar-refractivity contribution in [2.45, 2.75) is 6.92 Å². The Kier molecular flexibility index (Phi) is 6.98. The van der Waals surface area contributed by atoms with Gasteiger partial charge in [-0.3, -0.25) is 9.69 Å². The SMILES string of the molecule is C#CCOc1ccc(Br)cc1C=C1SC(=Nc2cccc(C(=O)O)c2)N(CC)C1=O. The molecule has 1 heterocycles. The van der Waals surface area contributed by atoms with Crippen LogP contribution in [0.5, 0.6) is 5.75 Å². The lowest BCUT2D eigenvalue weighted by molar-refractivity contribution is -0.122. The van der Waals surface area contributed by atoms with E-state index < -0.39 is 5.97 Å². The fourth-order valence-electron chi connectivity index (χ4n) is 2.71. The maximum atomic E-state index is 12.9. The zero-order valence-electron chi connectivity index (χ0n) is 16.0. The molecule has 1 N–H and O–H groups in total. The van der Waals surface area contributed by atoms with Gasteiger partial charge in [-0.15, -0.1) is 6.42 Å². The third kappa shape index (κ3) is 4.93. The summed E-state index contributed by atoms with van der Waals surface area (Å²) in [4.78, 5) is 30.6. The molecular formula is C22H17BrN2O4S. The zero-order valence-corrected chi connectivity index (χ0v) is 18.4. The Morgan fingerprint density at radius 3 is 2.87 bits per heavy atom. The molecule has 0 bridgehead atoms. The smallest absolute Gasteiger partial charge is 0.335 e. The maximum absolute atomic E-state index is 12.9. The number of ether oxygens (including phenoxy) is 1. The van der Waals surface area contributed by atoms with Crippen LogP contribution in [0.25, 0.3) is 6.08 Å². The number of carboxylic acid groups (broad SMARTS) is 1. The van der Waals surface area contributed by atoms with Gasteiger partial charge in [-0.25, -0.2) is 9.79 Å². The van der Waals surface area contributed by atoms with Gasteiger partial charge < -0.3 is 9.84 Å². The molecule has 30 heavy (non-hydrogen) atoms. The van der Waals surface area contributed by atoms with E-state index in [1.807, 2.05) is 19.1 Å². The number of benzene rings is 2. The van der Waals surface area contributed by atoms with Gasteiger partial charge in [0.15, 0.2) is 5.17 Å². The standard InChI is InChI=1S/C22H17BrN2O4S/c1-3-10-29-18-9-8-16(23)11-15(18)13-19-20(26)25(4-2)22(30-19)24-17-7-5-6-14(12-17)21(27)28/h1,5-9,11-13H,4,10H2,2H3,(H,27,28). The van der Waals surface area contributed by atoms with Crippen molar-refractivity contribution in [3.63, 3.8) is 0 Å². The second kappa shape index (κ2) is 9.65. The summed E-state index contributed by atoms with van der Waals surface area (Å²) in [6.45, 7) is 2.40. The van der Waals surface area contributed by atoms with Crippen molar-refractivity contribution in [3.8, 4) is 18.1 Å². The number of amides is 1. The number of halogens is 1. The number of likely N-dealkylation sites (N-methyl/N-ethyl adjacent to an activating group) is 1. The Hall–Kier alpha value is -3.02. The Morgan fingerprint density at radius 2 is 2.17 bits per heavy atom. The lowest BCUT2D eigenvalue weighted by atomic mass is 10.2. The molecule has 0 aromatic heterocycles. The molecule has 0 aliphatic carbocycles. The summed E-state index contributed by atoms with van der Waals surface area (Å²) in [6.07, 6.45) is 7.02. The number of carboxylic acids is 1. The van der Waals surface area contributed by atoms with E-state index in [2.05, 4.69) is 26.8 Å². The quantitative estimate of drug-likeness (QED) is 0.471. The highest BCUT2D eigenvalue weighted by atomic mass is 79.9. The summed E-state index contributed by atoms with van der Waals surface area (Å²) in [7, 11) is 0. The van der Waals surface area contributed by atoms with Gasteiger partial charge in [0.1, 0.15) is 12.4 Å². The van der Waals surface area contributed by atoms with Crippen molar-refractivity contribution in [1.82, 2.24) is 4.90 Å². The highest BCUT2D eigenvalue weighted by Gasteiger charge is 2.32. The number of aliphatic imine (C=N–C) groups is 1. The first-order valence-electron chi connectivity index (χ1n) is 8.92. The van der Waals surface area contributed by atoms with E-state index in [0.717, 1.165) is 4.47 Å². The normalized spacial score (nSPS) is 16.2. The number of terminal acetylenes is 1. The first kappa shape index (κ1) is 21.7. The topological polar surface area (TPSA) is 79.2 Å². The minimum absolute atomic E-state index is 0.118. The third-order valence-corrected chi connectivity index (χ3v) is 5.59. The molecule has 1 saturated heterocycles. The van der Waals surface area contributed by atoms with Crippen LogP contribution in [0.4, 0.5) is 5.69 Å². The van der Waals surface area contributed by atoms with Crippen LogP contribution in [-0.2, 0) is 4.79 Å². The van der Waals surface area contributed by atoms with Gasteiger partial charge in [-0.05, 0) is 61.2 Å². The monoisotopic (exact) mass is 484 g/mol. The minimum Gasteiger partial charge on any atom is -0.480 e. The average Bonchev–Trinajstić information content (AvgIpc) is 3.01. The predicted octanol–water partition coefficient (Wildman–Crippen LogP) is 4.78. The van der Waals surface area contributed by atoms with E-state index in [-0.39, 0.29) is 18.1 Å². The first-order valence-corrected chi connectivity index (χ1v) is 10.5. The number of amidine groups is 1. The van der Waals surface area contributed by atoms with Gasteiger partial charge in [-0.2, -0.15) is 0 Å². The van der Waals surface area contributed by atoms with Crippen molar-refractivity contribution in [2.24, 2.45) is 4.99 Å². The zero-order chi connectivity index (χ0) is 21.7. The Bertz CT molecular complexity index is 1100. The summed E-state index contributed by atoms with van der Waals surface area (Å²) in [5.41, 5.74) is 1.31. The van der Waals surface area contributed by atoms with E-state index in [0.29, 0.717) is 33.6 Å². The third-order valence-electron chi connectivity index (χ3n) is 4.09. The van der Waals surface area contributed by atoms with Crippen LogP contribution in [-0.4, -0.2) is 40.2 Å². The highest BCUT2D eigenvalue weighted by molar-refractivity contribution is 9.10. The second-order valence-electron chi connectivity index (χ2n) is 6.08. The lowest BCUT2D eigenvalue weighted by Gasteiger charge is -2.12. The van der Waals surface area contributed by atoms with Gasteiger partial charge in [0, 0.05) is 16.6 Å². The summed E-state index contributed by atoms with van der Waals surface area (Å²) in [5.74, 6) is 1.78. The summed E-state index contributed by atoms with van der Waals surface area (Å²) < 4.78 is 6.41. The number of hydrogen-bond acceptors (Lipinski definition) is 5. The van der Waals surface area contributed by atoms with Crippen molar-refractivity contribution in [3.05, 3.63) is 63.0 Å². The predicted molar refractivity (Wildman–Crippen MR) is 122 cm³/mol. The molecule has 3 rings (SSSR count). The number of rotatable bonds is 6. The summed E-state index contributed by atoms with van der Waals surface area (Å²) in [5, 5.41) is 9.65. The molecule has 1 fully saturated rings. The van der Waals surface area contributed by atoms with Gasteiger partial charge >= 0.3 is 5.97 Å². The Balaban J connectivity index is 1.97. The molecular weight excluding hydrogens is 468 g/mol. The van der Waals surface area contributed by atoms with Crippen LogP contribution in [0.3, 0.4) is 0 Å². The largest absolute Gasteiger partial charge is 0.480 e. The molecule has 2 aromatic rings. The average molecular weight is 485 g/mol. The van der Waals surface area contributed by atoms with Crippen LogP contribution >= 0.6 is 27.7 Å². The van der Waals surface area contributed by atoms with Gasteiger partial charge in [-0.1, -0.05) is 27.9 Å². The molecule has 0 atom stereocenters. The van der Waals surface area contributed by atoms with Crippen molar-refractivity contribution >= 4 is 56.5 Å². The van der Waals surface area contributed by atoms with E-state index in [4.69, 9.17) is 11.2 Å². The minimum atomic E-state index is -1.03. The molecule has 0 saturated carbocycles. The van der Waals surface area contributed by atoms with Gasteiger partial charge in [0.25, 0.3) is 5.91 Å². The lowest BCUT2D eigenvalue weighted by Crippen LogP contribution is -2.28. The molecule has 0 radical (unpaired) electrons. The van der Waals surface area contributed by atoms with Crippen LogP contribution < -0.4 is 4.74 Å². The number of carbonyl (C=O) groups excluding carboxylic acids is 1. The molecule has 1 aliphatic rings. The van der Waals surface area contributed by atoms with Crippen molar-refractivity contribution < 1.29 is 19.4 Å². The number of nitrogens with zero attached hydrogens (tertiary/aromatic N) is 2. The molecule has 1 aliphatic heterocycles. The van der Waals surface area contributed by atoms with Crippen LogP contribution in [0.1, 0.15) is 22.8 Å². The Morgan fingerprint density at radius 1 is 1.37 bits per heavy atom. The van der Waals surface area contributed by atoms with E-state index in [1.165, 1.54) is 23.9 Å². The highest BCUT2D eigenvalue weighted by Crippen LogP contribution is 2.36. The van der Waals surface area contributed by atoms with E-state index in [1.54, 1.807) is 29.2 Å². The van der Waals surface area contributed by atoms with Crippen molar-refractivity contribution in [2.75, 3.05) is 13.2 Å². The fourth-order valence-corrected chi connectivity index (χ4v) is 4.15. The first-order chi connectivity index (χ1) is 14.4. The van der Waals surface area contributed by atoms with E-state index in [9.17, 15) is 14.7 Å². The van der Waals surface area contributed by atoms with Crippen LogP contribution in [0.15, 0.2) is 56.8 Å². The van der Waals surface area contributed by atoms with Crippen LogP contribution in [0.2, 0.25) is 0 Å². The molecule has 152 valence electrons. The molecule has 2 aromatic carbocycles. The van der Waals surface area contributed by atoms with Crippen LogP contribution in [0, 0.1) is 12.3 Å². The molecule has 6 nitrogen and oxygen atoms in total. The van der Waals surface area contributed by atoms with Gasteiger partial charge in [0.2, 0.25) is 0 Å². The Labute approximate surface area is 186 Å². The fraction of sp³-hybridized carbons (Fsp3) is 0.136. The summed E-state index contributed by atoms with van der Waals surface area (Å²) in [6, 6.07) is 11.7. The molecule has 0 unspecified atom stereocenters. The molecule has 1 amide bonds. The number of thioether (sulfide) groups is 1. The molecule has 0 spiro atoms. The number of aromatic carboxylic acids is 1. The number of hydrogen-bond donors (Lipinski definition) is 1. The van der Waals surface area contributed by atoms with Crippen molar-refractivity contribution in [1.29, 1.82) is 0 Å². The maximum Gasteiger partial charge on any atom is 0.335 e. The van der Waals surface area contributed by atoms with Gasteiger partial charge in [0.05, 0.1) is 16.2 Å².